The third-order valence-corrected chi connectivity index (χ3v) is 3.44. The van der Waals surface area contributed by atoms with Gasteiger partial charge in [-0.25, -0.2) is 0 Å². The molecule has 0 fully saturated rings. The maximum Gasteiger partial charge on any atom is 0.255 e. The summed E-state index contributed by atoms with van der Waals surface area (Å²) in [6, 6.07) is 11.5. The van der Waals surface area contributed by atoms with Gasteiger partial charge in [-0.1, -0.05) is 13.0 Å². The number of benzene rings is 1. The van der Waals surface area contributed by atoms with Gasteiger partial charge in [-0.2, -0.15) is 0 Å². The van der Waals surface area contributed by atoms with Gasteiger partial charge in [0.05, 0.1) is 18.2 Å². The Hall–Kier alpha value is -1.74. The summed E-state index contributed by atoms with van der Waals surface area (Å²) in [7, 11) is 1.76. The van der Waals surface area contributed by atoms with Crippen molar-refractivity contribution in [1.29, 1.82) is 0 Å². The Balaban J connectivity index is 2.32. The molecule has 2 rings (SSSR count). The van der Waals surface area contributed by atoms with Crippen molar-refractivity contribution < 1.29 is 4.74 Å². The van der Waals surface area contributed by atoms with Gasteiger partial charge in [0, 0.05) is 12.6 Å². The second-order valence-corrected chi connectivity index (χ2v) is 4.88. The first-order valence-corrected chi connectivity index (χ1v) is 7.19. The summed E-state index contributed by atoms with van der Waals surface area (Å²) in [6.45, 7) is 2.78. The fourth-order valence-corrected chi connectivity index (χ4v) is 2.22. The minimum absolute atomic E-state index is 0.0520. The second-order valence-electron chi connectivity index (χ2n) is 4.61. The molecule has 4 heteroatoms. The van der Waals surface area contributed by atoms with Crippen molar-refractivity contribution in [3.63, 3.8) is 0 Å². The Morgan fingerprint density at radius 3 is 2.45 bits per heavy atom. The Kier molecular flexibility index (Phi) is 4.85. The van der Waals surface area contributed by atoms with Gasteiger partial charge in [-0.3, -0.25) is 4.79 Å². The highest BCUT2D eigenvalue weighted by molar-refractivity contribution is 6.17. The lowest BCUT2D eigenvalue weighted by atomic mass is 10.1. The van der Waals surface area contributed by atoms with Crippen LogP contribution in [-0.4, -0.2) is 11.2 Å². The molecular formula is C16H18ClNO2. The van der Waals surface area contributed by atoms with Gasteiger partial charge in [-0.05, 0) is 42.3 Å². The van der Waals surface area contributed by atoms with Crippen LogP contribution in [-0.2, 0) is 12.9 Å². The molecule has 106 valence electrons. The van der Waals surface area contributed by atoms with Crippen molar-refractivity contribution in [3.05, 3.63) is 52.3 Å². The summed E-state index contributed by atoms with van der Waals surface area (Å²) in [5, 5.41) is 0. The average molecular weight is 292 g/mol. The Morgan fingerprint density at radius 2 is 1.85 bits per heavy atom. The standard InChI is InChI=1S/C16H18ClNO2/c1-3-10-20-14-7-4-12(5-8-14)15-9-6-13(11-17)16(19)18(15)2/h4-9H,3,10-11H2,1-2H3. The van der Waals surface area contributed by atoms with E-state index < -0.39 is 0 Å². The van der Waals surface area contributed by atoms with Crippen LogP contribution in [0, 0.1) is 0 Å². The van der Waals surface area contributed by atoms with E-state index >= 15 is 0 Å². The van der Waals surface area contributed by atoms with Gasteiger partial charge in [0.25, 0.3) is 5.56 Å². The number of hydrogen-bond acceptors (Lipinski definition) is 2. The largest absolute Gasteiger partial charge is 0.494 e. The smallest absolute Gasteiger partial charge is 0.255 e. The zero-order valence-electron chi connectivity index (χ0n) is 11.7. The summed E-state index contributed by atoms with van der Waals surface area (Å²) in [5.74, 6) is 1.08. The highest BCUT2D eigenvalue weighted by atomic mass is 35.5. The Bertz CT molecular complexity index is 632. The van der Waals surface area contributed by atoms with Crippen LogP contribution in [0.2, 0.25) is 0 Å². The van der Waals surface area contributed by atoms with Crippen molar-refractivity contribution >= 4 is 11.6 Å². The van der Waals surface area contributed by atoms with Crippen LogP contribution in [0.1, 0.15) is 18.9 Å². The third kappa shape index (κ3) is 3.05. The number of rotatable bonds is 5. The number of alkyl halides is 1. The lowest BCUT2D eigenvalue weighted by Crippen LogP contribution is -2.21. The molecule has 20 heavy (non-hydrogen) atoms. The van der Waals surface area contributed by atoms with E-state index in [0.717, 1.165) is 23.4 Å². The van der Waals surface area contributed by atoms with E-state index in [1.165, 1.54) is 0 Å². The van der Waals surface area contributed by atoms with Gasteiger partial charge < -0.3 is 9.30 Å². The van der Waals surface area contributed by atoms with Crippen LogP contribution >= 0.6 is 11.6 Å². The molecule has 0 amide bonds. The van der Waals surface area contributed by atoms with Crippen LogP contribution in [0.3, 0.4) is 0 Å². The van der Waals surface area contributed by atoms with Crippen LogP contribution in [0.5, 0.6) is 5.75 Å². The summed E-state index contributed by atoms with van der Waals surface area (Å²) in [4.78, 5) is 12.1. The quantitative estimate of drug-likeness (QED) is 0.789. The molecule has 2 aromatic rings. The van der Waals surface area contributed by atoms with E-state index in [9.17, 15) is 4.79 Å². The van der Waals surface area contributed by atoms with E-state index in [1.54, 1.807) is 17.7 Å². The lowest BCUT2D eigenvalue weighted by molar-refractivity contribution is 0.317. The summed E-state index contributed by atoms with van der Waals surface area (Å²) < 4.78 is 7.18. The highest BCUT2D eigenvalue weighted by Crippen LogP contribution is 2.21. The van der Waals surface area contributed by atoms with E-state index in [4.69, 9.17) is 16.3 Å². The zero-order valence-corrected chi connectivity index (χ0v) is 12.5. The summed E-state index contributed by atoms with van der Waals surface area (Å²) >= 11 is 5.74. The maximum absolute atomic E-state index is 12.1. The molecule has 0 aliphatic carbocycles. The topological polar surface area (TPSA) is 31.2 Å². The van der Waals surface area contributed by atoms with Crippen molar-refractivity contribution in [2.24, 2.45) is 7.05 Å². The molecule has 0 atom stereocenters. The average Bonchev–Trinajstić information content (AvgIpc) is 2.48. The van der Waals surface area contributed by atoms with Crippen LogP contribution < -0.4 is 10.3 Å². The zero-order chi connectivity index (χ0) is 14.5. The van der Waals surface area contributed by atoms with E-state index in [-0.39, 0.29) is 11.4 Å². The summed E-state index contributed by atoms with van der Waals surface area (Å²) in [6.07, 6.45) is 0.982. The highest BCUT2D eigenvalue weighted by Gasteiger charge is 2.07. The second kappa shape index (κ2) is 6.62. The number of halogens is 1. The Labute approximate surface area is 123 Å². The molecule has 0 spiro atoms. The molecule has 1 aromatic heterocycles. The molecule has 0 radical (unpaired) electrons. The summed E-state index contributed by atoms with van der Waals surface area (Å²) in [5.41, 5.74) is 2.41. The van der Waals surface area contributed by atoms with Crippen molar-refractivity contribution in [3.8, 4) is 17.0 Å². The molecule has 0 N–H and O–H groups in total. The third-order valence-electron chi connectivity index (χ3n) is 3.15. The number of hydrogen-bond donors (Lipinski definition) is 0. The number of nitrogens with zero attached hydrogens (tertiary/aromatic N) is 1. The minimum Gasteiger partial charge on any atom is -0.494 e. The van der Waals surface area contributed by atoms with Gasteiger partial charge in [0.15, 0.2) is 0 Å². The van der Waals surface area contributed by atoms with Gasteiger partial charge in [0.2, 0.25) is 0 Å². The molecule has 0 aliphatic heterocycles. The molecule has 0 saturated carbocycles. The van der Waals surface area contributed by atoms with E-state index in [2.05, 4.69) is 6.92 Å². The molecule has 0 unspecified atom stereocenters. The predicted molar refractivity (Wildman–Crippen MR) is 82.5 cm³/mol. The van der Waals surface area contributed by atoms with Crippen molar-refractivity contribution in [2.75, 3.05) is 6.61 Å². The normalized spacial score (nSPS) is 10.6. The van der Waals surface area contributed by atoms with Gasteiger partial charge in [-0.15, -0.1) is 11.6 Å². The van der Waals surface area contributed by atoms with E-state index in [0.29, 0.717) is 12.2 Å². The van der Waals surface area contributed by atoms with E-state index in [1.807, 2.05) is 30.3 Å². The maximum atomic E-state index is 12.1. The number of pyridine rings is 1. The fraction of sp³-hybridized carbons (Fsp3) is 0.312. The fourth-order valence-electron chi connectivity index (χ4n) is 2.02. The van der Waals surface area contributed by atoms with Gasteiger partial charge >= 0.3 is 0 Å². The lowest BCUT2D eigenvalue weighted by Gasteiger charge is -2.11. The molecule has 1 heterocycles. The van der Waals surface area contributed by atoms with Crippen LogP contribution in [0.4, 0.5) is 0 Å². The molecular weight excluding hydrogens is 274 g/mol. The van der Waals surface area contributed by atoms with Crippen LogP contribution in [0.25, 0.3) is 11.3 Å². The van der Waals surface area contributed by atoms with Crippen molar-refractivity contribution in [1.82, 2.24) is 4.57 Å². The number of aromatic nitrogens is 1. The molecule has 1 aromatic carbocycles. The first-order valence-electron chi connectivity index (χ1n) is 6.65. The molecule has 3 nitrogen and oxygen atoms in total. The first kappa shape index (κ1) is 14.7. The first-order chi connectivity index (χ1) is 9.67. The monoisotopic (exact) mass is 291 g/mol. The van der Waals surface area contributed by atoms with Gasteiger partial charge in [0.1, 0.15) is 5.75 Å². The van der Waals surface area contributed by atoms with Crippen molar-refractivity contribution in [2.45, 2.75) is 19.2 Å². The number of ether oxygens (including phenoxy) is 1. The predicted octanol–water partition coefficient (Wildman–Crippen LogP) is 3.58. The molecule has 0 aliphatic rings. The van der Waals surface area contributed by atoms with Crippen LogP contribution in [0.15, 0.2) is 41.2 Å². The SMILES string of the molecule is CCCOc1ccc(-c2ccc(CCl)c(=O)n2C)cc1. The molecule has 0 bridgehead atoms. The minimum atomic E-state index is -0.0520. The molecule has 0 saturated heterocycles. The Morgan fingerprint density at radius 1 is 1.15 bits per heavy atom.